The molecular formula is C25H36N2O3S. The van der Waals surface area contributed by atoms with Crippen molar-refractivity contribution < 1.29 is 14.3 Å². The molecule has 0 spiro atoms. The molecule has 0 aliphatic carbocycles. The lowest BCUT2D eigenvalue weighted by atomic mass is 9.87. The second-order valence-electron chi connectivity index (χ2n) is 9.58. The molecule has 2 aromatic carbocycles. The molecule has 0 radical (unpaired) electrons. The summed E-state index contributed by atoms with van der Waals surface area (Å²) in [5.74, 6) is -0.201. The average molecular weight is 445 g/mol. The molecule has 0 aromatic heterocycles. The quantitative estimate of drug-likeness (QED) is 0.690. The summed E-state index contributed by atoms with van der Waals surface area (Å²) in [4.78, 5) is 27.2. The monoisotopic (exact) mass is 444 g/mol. The minimum Gasteiger partial charge on any atom is -0.444 e. The Kier molecular flexibility index (Phi) is 9.18. The van der Waals surface area contributed by atoms with E-state index >= 15 is 0 Å². The number of nitrogens with one attached hydrogen (secondary N) is 1. The Labute approximate surface area is 193 Å². The highest BCUT2D eigenvalue weighted by Gasteiger charge is 2.27. The molecule has 5 nitrogen and oxygen atoms in total. The molecule has 0 bridgehead atoms. The highest BCUT2D eigenvalue weighted by atomic mass is 32.1. The maximum atomic E-state index is 13.3. The molecule has 0 aliphatic rings. The summed E-state index contributed by atoms with van der Waals surface area (Å²) in [6, 6.07) is 16.8. The Morgan fingerprint density at radius 3 is 1.97 bits per heavy atom. The van der Waals surface area contributed by atoms with Gasteiger partial charge in [-0.2, -0.15) is 13.5 Å². The van der Waals surface area contributed by atoms with Crippen LogP contribution in [0.2, 0.25) is 0 Å². The highest BCUT2D eigenvalue weighted by molar-refractivity contribution is 7.59. The maximum absolute atomic E-state index is 13.3. The summed E-state index contributed by atoms with van der Waals surface area (Å²) in [6.45, 7) is 11.8. The zero-order chi connectivity index (χ0) is 22.5. The number of nitrogens with zero attached hydrogens (tertiary/aromatic N) is 1. The van der Waals surface area contributed by atoms with E-state index in [9.17, 15) is 9.59 Å². The van der Waals surface area contributed by atoms with Gasteiger partial charge in [0.25, 0.3) is 0 Å². The van der Waals surface area contributed by atoms with E-state index in [2.05, 4.69) is 26.1 Å². The predicted octanol–water partition coefficient (Wildman–Crippen LogP) is 5.20. The first-order valence-corrected chi connectivity index (χ1v) is 10.3. The van der Waals surface area contributed by atoms with Crippen LogP contribution in [0.4, 0.5) is 10.5 Å². The molecule has 0 saturated carbocycles. The Bertz CT molecular complexity index is 853. The van der Waals surface area contributed by atoms with Gasteiger partial charge in [0.2, 0.25) is 5.91 Å². The molecule has 6 heteroatoms. The van der Waals surface area contributed by atoms with E-state index in [4.69, 9.17) is 4.74 Å². The van der Waals surface area contributed by atoms with Crippen LogP contribution in [0.25, 0.3) is 0 Å². The number of carbonyl (C=O) groups is 2. The van der Waals surface area contributed by atoms with E-state index in [1.54, 1.807) is 32.7 Å². The highest BCUT2D eigenvalue weighted by Crippen LogP contribution is 2.25. The smallest absolute Gasteiger partial charge is 0.408 e. The van der Waals surface area contributed by atoms with Crippen LogP contribution in [0.1, 0.15) is 52.7 Å². The molecule has 2 rings (SSSR count). The van der Waals surface area contributed by atoms with E-state index in [0.717, 1.165) is 11.3 Å². The summed E-state index contributed by atoms with van der Waals surface area (Å²) in [5.41, 5.74) is 2.33. The average Bonchev–Trinajstić information content (AvgIpc) is 2.65. The minimum absolute atomic E-state index is 0. The van der Waals surface area contributed by atoms with Crippen molar-refractivity contribution in [2.24, 2.45) is 0 Å². The van der Waals surface area contributed by atoms with Crippen molar-refractivity contribution in [1.29, 1.82) is 0 Å². The van der Waals surface area contributed by atoms with Crippen molar-refractivity contribution in [3.05, 3.63) is 65.7 Å². The number of hydrogen-bond acceptors (Lipinski definition) is 3. The molecule has 1 N–H and O–H groups in total. The number of alkyl carbamates (subject to hydrolysis) is 1. The predicted molar refractivity (Wildman–Crippen MR) is 132 cm³/mol. The van der Waals surface area contributed by atoms with Gasteiger partial charge in [-0.05, 0) is 49.4 Å². The molecule has 170 valence electrons. The van der Waals surface area contributed by atoms with Crippen molar-refractivity contribution in [2.45, 2.75) is 65.0 Å². The van der Waals surface area contributed by atoms with Gasteiger partial charge in [0, 0.05) is 19.2 Å². The lowest BCUT2D eigenvalue weighted by Crippen LogP contribution is -2.50. The molecule has 31 heavy (non-hydrogen) atoms. The summed E-state index contributed by atoms with van der Waals surface area (Å²) >= 11 is 0. The van der Waals surface area contributed by atoms with E-state index in [0.29, 0.717) is 6.42 Å². The fraction of sp³-hybridized carbons (Fsp3) is 0.440. The van der Waals surface area contributed by atoms with E-state index < -0.39 is 17.7 Å². The standard InChI is InChI=1S/C25H34N2O3.H2S/c1-24(2,3)19-13-15-20(16-14-19)27(7)22(28)21(17-18-11-9-8-10-12-18)26-23(29)30-25(4,5)6;/h8-16,21H,17H2,1-7H3,(H,26,29);1H2/t21-;/m0./s1. The van der Waals surface area contributed by atoms with Crippen LogP contribution in [-0.2, 0) is 21.4 Å². The Balaban J connectivity index is 0.00000480. The zero-order valence-electron chi connectivity index (χ0n) is 19.7. The topological polar surface area (TPSA) is 58.6 Å². The number of likely N-dealkylation sites (N-methyl/N-ethyl adjacent to an activating group) is 1. The van der Waals surface area contributed by atoms with E-state index in [-0.39, 0.29) is 24.8 Å². The number of ether oxygens (including phenoxy) is 1. The van der Waals surface area contributed by atoms with Crippen LogP contribution in [-0.4, -0.2) is 30.7 Å². The van der Waals surface area contributed by atoms with Crippen LogP contribution in [0, 0.1) is 0 Å². The Morgan fingerprint density at radius 1 is 0.935 bits per heavy atom. The summed E-state index contributed by atoms with van der Waals surface area (Å²) in [6.07, 6.45) is -0.225. The van der Waals surface area contributed by atoms with Crippen molar-refractivity contribution in [3.63, 3.8) is 0 Å². The molecule has 2 amide bonds. The number of benzene rings is 2. The molecular weight excluding hydrogens is 408 g/mol. The van der Waals surface area contributed by atoms with Crippen LogP contribution in [0.15, 0.2) is 54.6 Å². The molecule has 0 unspecified atom stereocenters. The first-order valence-electron chi connectivity index (χ1n) is 10.3. The van der Waals surface area contributed by atoms with Crippen LogP contribution >= 0.6 is 13.5 Å². The minimum atomic E-state index is -0.741. The fourth-order valence-electron chi connectivity index (χ4n) is 3.05. The molecule has 0 fully saturated rings. The van der Waals surface area contributed by atoms with Crippen molar-refractivity contribution in [2.75, 3.05) is 11.9 Å². The number of rotatable bonds is 5. The zero-order valence-corrected chi connectivity index (χ0v) is 20.7. The van der Waals surface area contributed by atoms with Gasteiger partial charge >= 0.3 is 6.09 Å². The largest absolute Gasteiger partial charge is 0.444 e. The number of anilines is 1. The summed E-state index contributed by atoms with van der Waals surface area (Å²) < 4.78 is 5.37. The second-order valence-corrected chi connectivity index (χ2v) is 9.58. The van der Waals surface area contributed by atoms with E-state index in [1.807, 2.05) is 54.6 Å². The normalized spacial score (nSPS) is 12.4. The van der Waals surface area contributed by atoms with Crippen LogP contribution in [0.5, 0.6) is 0 Å². The van der Waals surface area contributed by atoms with E-state index in [1.165, 1.54) is 5.56 Å². The first-order chi connectivity index (χ1) is 13.9. The molecule has 0 aliphatic heterocycles. The van der Waals surface area contributed by atoms with Crippen molar-refractivity contribution in [3.8, 4) is 0 Å². The summed E-state index contributed by atoms with van der Waals surface area (Å²) in [5, 5.41) is 2.76. The van der Waals surface area contributed by atoms with Crippen LogP contribution < -0.4 is 10.2 Å². The third-order valence-electron chi connectivity index (χ3n) is 4.72. The van der Waals surface area contributed by atoms with Gasteiger partial charge in [-0.3, -0.25) is 4.79 Å². The summed E-state index contributed by atoms with van der Waals surface area (Å²) in [7, 11) is 1.73. The maximum Gasteiger partial charge on any atom is 0.408 e. The molecule has 0 saturated heterocycles. The van der Waals surface area contributed by atoms with Gasteiger partial charge in [0.1, 0.15) is 11.6 Å². The van der Waals surface area contributed by atoms with Gasteiger partial charge in [-0.1, -0.05) is 63.2 Å². The SMILES string of the molecule is CN(C(=O)[C@H](Cc1ccccc1)NC(=O)OC(C)(C)C)c1ccc(C(C)(C)C)cc1.S. The Morgan fingerprint density at radius 2 is 1.48 bits per heavy atom. The second kappa shape index (κ2) is 10.7. The third-order valence-corrected chi connectivity index (χ3v) is 4.72. The van der Waals surface area contributed by atoms with Gasteiger partial charge in [0.15, 0.2) is 0 Å². The molecule has 2 aromatic rings. The lowest BCUT2D eigenvalue weighted by molar-refractivity contribution is -0.120. The number of amides is 2. The first kappa shape index (κ1) is 26.6. The molecule has 0 heterocycles. The number of carbonyl (C=O) groups excluding carboxylic acids is 2. The molecule has 1 atom stereocenters. The van der Waals surface area contributed by atoms with Gasteiger partial charge < -0.3 is 15.0 Å². The van der Waals surface area contributed by atoms with Gasteiger partial charge in [0.05, 0.1) is 0 Å². The van der Waals surface area contributed by atoms with Crippen molar-refractivity contribution >= 4 is 31.2 Å². The number of hydrogen-bond donors (Lipinski definition) is 1. The third kappa shape index (κ3) is 8.29. The van der Waals surface area contributed by atoms with Gasteiger partial charge in [-0.15, -0.1) is 0 Å². The van der Waals surface area contributed by atoms with Crippen molar-refractivity contribution in [1.82, 2.24) is 5.32 Å². The van der Waals surface area contributed by atoms with Gasteiger partial charge in [-0.25, -0.2) is 4.79 Å². The Hall–Kier alpha value is -2.47. The van der Waals surface area contributed by atoms with Crippen LogP contribution in [0.3, 0.4) is 0 Å². The lowest BCUT2D eigenvalue weighted by Gasteiger charge is -2.27. The fourth-order valence-corrected chi connectivity index (χ4v) is 3.05.